The Hall–Kier alpha value is -1.72. The van der Waals surface area contributed by atoms with E-state index in [1.165, 1.54) is 12.8 Å². The molecule has 5 heteroatoms. The number of nitrogens with zero attached hydrogens (tertiary/aromatic N) is 1. The molecular weight excluding hydrogens is 306 g/mol. The Labute approximate surface area is 140 Å². The number of rotatable bonds is 3. The van der Waals surface area contributed by atoms with Gasteiger partial charge in [0.05, 0.1) is 10.7 Å². The first-order chi connectivity index (χ1) is 11.2. The van der Waals surface area contributed by atoms with E-state index in [1.807, 2.05) is 36.6 Å². The minimum Gasteiger partial charge on any atom is -0.349 e. The summed E-state index contributed by atoms with van der Waals surface area (Å²) < 4.78 is 0. The summed E-state index contributed by atoms with van der Waals surface area (Å²) in [5, 5.41) is 9.91. The second-order valence-electron chi connectivity index (χ2n) is 6.61. The van der Waals surface area contributed by atoms with E-state index in [0.717, 1.165) is 34.7 Å². The maximum Gasteiger partial charge on any atom is 0.251 e. The van der Waals surface area contributed by atoms with Crippen molar-refractivity contribution in [3.63, 3.8) is 0 Å². The number of carbonyl (C=O) groups is 1. The Morgan fingerprint density at radius 2 is 2.09 bits per heavy atom. The van der Waals surface area contributed by atoms with Crippen molar-refractivity contribution in [2.75, 3.05) is 0 Å². The van der Waals surface area contributed by atoms with Crippen LogP contribution in [0.1, 0.15) is 41.0 Å². The molecule has 1 amide bonds. The number of aromatic nitrogens is 1. The zero-order valence-electron chi connectivity index (χ0n) is 13.2. The monoisotopic (exact) mass is 327 g/mol. The second kappa shape index (κ2) is 6.06. The van der Waals surface area contributed by atoms with Gasteiger partial charge >= 0.3 is 0 Å². The molecule has 2 saturated heterocycles. The number of hydrogen-bond acceptors (Lipinski definition) is 4. The SMILES string of the molecule is Cc1nc(-c2cccc(C(=O)NC3CC4CCC(C3)N4)c2)cs1. The quantitative estimate of drug-likeness (QED) is 0.910. The van der Waals surface area contributed by atoms with Crippen LogP contribution in [-0.2, 0) is 0 Å². The van der Waals surface area contributed by atoms with Crippen LogP contribution in [0, 0.1) is 6.92 Å². The summed E-state index contributed by atoms with van der Waals surface area (Å²) >= 11 is 1.63. The molecule has 2 aliphatic heterocycles. The largest absolute Gasteiger partial charge is 0.349 e. The minimum atomic E-state index is 0.0325. The van der Waals surface area contributed by atoms with Crippen LogP contribution in [0.2, 0.25) is 0 Å². The number of aryl methyl sites for hydroxylation is 1. The van der Waals surface area contributed by atoms with E-state index in [2.05, 4.69) is 15.6 Å². The molecule has 0 radical (unpaired) electrons. The highest BCUT2D eigenvalue weighted by molar-refractivity contribution is 7.09. The highest BCUT2D eigenvalue weighted by atomic mass is 32.1. The van der Waals surface area contributed by atoms with Gasteiger partial charge in [0, 0.05) is 34.6 Å². The number of thiazole rings is 1. The van der Waals surface area contributed by atoms with Crippen molar-refractivity contribution in [2.24, 2.45) is 0 Å². The van der Waals surface area contributed by atoms with Crippen LogP contribution >= 0.6 is 11.3 Å². The number of fused-ring (bicyclic) bond motifs is 2. The lowest BCUT2D eigenvalue weighted by Gasteiger charge is -2.29. The zero-order valence-corrected chi connectivity index (χ0v) is 14.0. The average Bonchev–Trinajstić information content (AvgIpc) is 3.13. The van der Waals surface area contributed by atoms with Gasteiger partial charge in [0.15, 0.2) is 0 Å². The molecule has 0 spiro atoms. The van der Waals surface area contributed by atoms with Gasteiger partial charge in [-0.25, -0.2) is 4.98 Å². The molecule has 0 saturated carbocycles. The molecule has 0 aliphatic carbocycles. The summed E-state index contributed by atoms with van der Waals surface area (Å²) in [6.07, 6.45) is 4.59. The topological polar surface area (TPSA) is 54.0 Å². The van der Waals surface area contributed by atoms with Crippen LogP contribution in [0.4, 0.5) is 0 Å². The maximum absolute atomic E-state index is 12.6. The Balaban J connectivity index is 1.48. The summed E-state index contributed by atoms with van der Waals surface area (Å²) in [5.41, 5.74) is 2.67. The number of nitrogens with one attached hydrogen (secondary N) is 2. The second-order valence-corrected chi connectivity index (χ2v) is 7.67. The van der Waals surface area contributed by atoms with Crippen molar-refractivity contribution < 1.29 is 4.79 Å². The molecule has 1 aromatic heterocycles. The fourth-order valence-corrected chi connectivity index (χ4v) is 4.38. The summed E-state index contributed by atoms with van der Waals surface area (Å²) in [6, 6.07) is 9.24. The van der Waals surface area contributed by atoms with E-state index < -0.39 is 0 Å². The molecule has 4 nitrogen and oxygen atoms in total. The van der Waals surface area contributed by atoms with Crippen molar-refractivity contribution >= 4 is 17.2 Å². The average molecular weight is 327 g/mol. The Kier molecular flexibility index (Phi) is 3.91. The molecule has 4 rings (SSSR count). The fourth-order valence-electron chi connectivity index (χ4n) is 3.76. The van der Waals surface area contributed by atoms with Crippen molar-refractivity contribution in [1.29, 1.82) is 0 Å². The molecule has 2 aliphatic rings. The number of piperidine rings is 1. The summed E-state index contributed by atoms with van der Waals surface area (Å²) in [5.74, 6) is 0.0325. The molecule has 2 bridgehead atoms. The molecule has 3 heterocycles. The molecular formula is C18H21N3OS. The molecule has 2 aromatic rings. The van der Waals surface area contributed by atoms with Crippen molar-refractivity contribution in [3.05, 3.63) is 40.2 Å². The predicted molar refractivity (Wildman–Crippen MR) is 92.7 cm³/mol. The number of carbonyl (C=O) groups excluding carboxylic acids is 1. The van der Waals surface area contributed by atoms with E-state index in [-0.39, 0.29) is 5.91 Å². The summed E-state index contributed by atoms with van der Waals surface area (Å²) in [4.78, 5) is 17.1. The molecule has 23 heavy (non-hydrogen) atoms. The highest BCUT2D eigenvalue weighted by Gasteiger charge is 2.34. The van der Waals surface area contributed by atoms with Gasteiger partial charge in [0.2, 0.25) is 0 Å². The summed E-state index contributed by atoms with van der Waals surface area (Å²) in [6.45, 7) is 2.00. The molecule has 2 N–H and O–H groups in total. The van der Waals surface area contributed by atoms with Crippen LogP contribution < -0.4 is 10.6 Å². The van der Waals surface area contributed by atoms with E-state index in [1.54, 1.807) is 11.3 Å². The van der Waals surface area contributed by atoms with Crippen LogP contribution in [-0.4, -0.2) is 29.0 Å². The summed E-state index contributed by atoms with van der Waals surface area (Å²) in [7, 11) is 0. The van der Waals surface area contributed by atoms with Gasteiger partial charge in [-0.05, 0) is 44.7 Å². The fraction of sp³-hybridized carbons (Fsp3) is 0.444. The molecule has 2 atom stereocenters. The van der Waals surface area contributed by atoms with Crippen molar-refractivity contribution in [3.8, 4) is 11.3 Å². The van der Waals surface area contributed by atoms with Gasteiger partial charge in [0.1, 0.15) is 0 Å². The van der Waals surface area contributed by atoms with E-state index in [9.17, 15) is 4.79 Å². The zero-order chi connectivity index (χ0) is 15.8. The van der Waals surface area contributed by atoms with Gasteiger partial charge < -0.3 is 10.6 Å². The van der Waals surface area contributed by atoms with Crippen LogP contribution in [0.25, 0.3) is 11.3 Å². The first-order valence-electron chi connectivity index (χ1n) is 8.27. The number of amides is 1. The van der Waals surface area contributed by atoms with E-state index in [4.69, 9.17) is 0 Å². The normalized spacial score (nSPS) is 26.2. The molecule has 2 fully saturated rings. The predicted octanol–water partition coefficient (Wildman–Crippen LogP) is 3.13. The molecule has 120 valence electrons. The molecule has 2 unspecified atom stereocenters. The van der Waals surface area contributed by atoms with Crippen molar-refractivity contribution in [1.82, 2.24) is 15.6 Å². The lowest BCUT2D eigenvalue weighted by Crippen LogP contribution is -2.48. The lowest BCUT2D eigenvalue weighted by atomic mass is 9.99. The number of benzene rings is 1. The smallest absolute Gasteiger partial charge is 0.251 e. The lowest BCUT2D eigenvalue weighted by molar-refractivity contribution is 0.0924. The first kappa shape index (κ1) is 14.8. The highest BCUT2D eigenvalue weighted by Crippen LogP contribution is 2.27. The molecule has 1 aromatic carbocycles. The third-order valence-electron chi connectivity index (χ3n) is 4.85. The Bertz CT molecular complexity index is 715. The minimum absolute atomic E-state index is 0.0325. The van der Waals surface area contributed by atoms with Gasteiger partial charge in [-0.2, -0.15) is 0 Å². The third kappa shape index (κ3) is 3.16. The van der Waals surface area contributed by atoms with Crippen LogP contribution in [0.5, 0.6) is 0 Å². The van der Waals surface area contributed by atoms with Crippen LogP contribution in [0.15, 0.2) is 29.6 Å². The number of hydrogen-bond donors (Lipinski definition) is 2. The first-order valence-corrected chi connectivity index (χ1v) is 9.15. The maximum atomic E-state index is 12.6. The van der Waals surface area contributed by atoms with Gasteiger partial charge in [-0.15, -0.1) is 11.3 Å². The Morgan fingerprint density at radius 3 is 2.78 bits per heavy atom. The van der Waals surface area contributed by atoms with E-state index in [0.29, 0.717) is 18.1 Å². The van der Waals surface area contributed by atoms with Crippen LogP contribution in [0.3, 0.4) is 0 Å². The van der Waals surface area contributed by atoms with Crippen molar-refractivity contribution in [2.45, 2.75) is 50.7 Å². The van der Waals surface area contributed by atoms with Gasteiger partial charge in [0.25, 0.3) is 5.91 Å². The van der Waals surface area contributed by atoms with Gasteiger partial charge in [-0.3, -0.25) is 4.79 Å². The Morgan fingerprint density at radius 1 is 1.30 bits per heavy atom. The van der Waals surface area contributed by atoms with Gasteiger partial charge in [-0.1, -0.05) is 12.1 Å². The third-order valence-corrected chi connectivity index (χ3v) is 5.62. The standard InChI is InChI=1S/C18H21N3OS/c1-11-19-17(10-23-11)12-3-2-4-13(7-12)18(22)21-16-8-14-5-6-15(9-16)20-14/h2-4,7,10,14-16,20H,5-6,8-9H2,1H3,(H,21,22). The van der Waals surface area contributed by atoms with E-state index >= 15 is 0 Å².